The van der Waals surface area contributed by atoms with Crippen LogP contribution in [0.25, 0.3) is 22.5 Å². The van der Waals surface area contributed by atoms with Crippen LogP contribution in [0.2, 0.25) is 0 Å². The topological polar surface area (TPSA) is 99.0 Å². The number of rotatable bonds is 8. The van der Waals surface area contributed by atoms with Crippen LogP contribution in [0.5, 0.6) is 0 Å². The molecule has 1 amide bonds. The molecule has 0 saturated heterocycles. The number of furan rings is 1. The van der Waals surface area contributed by atoms with E-state index in [4.69, 9.17) is 8.83 Å². The van der Waals surface area contributed by atoms with Gasteiger partial charge in [0.2, 0.25) is 11.8 Å². The zero-order valence-electron chi connectivity index (χ0n) is 15.6. The summed E-state index contributed by atoms with van der Waals surface area (Å²) < 4.78 is 12.9. The smallest absolute Gasteiger partial charge is 0.251 e. The van der Waals surface area contributed by atoms with Gasteiger partial charge in [0, 0.05) is 25.9 Å². The molecule has 0 aliphatic carbocycles. The lowest BCUT2D eigenvalue weighted by Crippen LogP contribution is -2.25. The highest BCUT2D eigenvalue weighted by atomic mass is 16.4. The fraction of sp³-hybridized carbons (Fsp3) is 0.300. The summed E-state index contributed by atoms with van der Waals surface area (Å²) in [5.74, 6) is 1.54. The largest absolute Gasteiger partial charge is 0.469 e. The van der Waals surface area contributed by atoms with E-state index in [0.29, 0.717) is 31.2 Å². The van der Waals surface area contributed by atoms with Crippen molar-refractivity contribution >= 4 is 16.9 Å². The van der Waals surface area contributed by atoms with Crippen LogP contribution >= 0.6 is 0 Å². The van der Waals surface area contributed by atoms with Crippen molar-refractivity contribution in [2.75, 3.05) is 6.54 Å². The number of amides is 1. The first-order chi connectivity index (χ1) is 13.7. The lowest BCUT2D eigenvalue weighted by Gasteiger charge is -2.06. The Labute approximate surface area is 161 Å². The van der Waals surface area contributed by atoms with E-state index in [2.05, 4.69) is 25.1 Å². The lowest BCUT2D eigenvalue weighted by molar-refractivity contribution is -0.121. The van der Waals surface area contributed by atoms with Crippen molar-refractivity contribution in [3.63, 3.8) is 0 Å². The Morgan fingerprint density at radius 2 is 2.11 bits per heavy atom. The maximum Gasteiger partial charge on any atom is 0.251 e. The summed E-state index contributed by atoms with van der Waals surface area (Å²) in [7, 11) is 0. The van der Waals surface area contributed by atoms with Crippen molar-refractivity contribution < 1.29 is 13.6 Å². The third kappa shape index (κ3) is 3.95. The van der Waals surface area contributed by atoms with E-state index in [1.807, 2.05) is 37.5 Å². The number of aryl methyl sites for hydroxylation is 3. The molecule has 0 aliphatic rings. The minimum absolute atomic E-state index is 0.0327. The molecule has 4 aromatic rings. The molecule has 0 bridgehead atoms. The van der Waals surface area contributed by atoms with Crippen molar-refractivity contribution in [1.29, 1.82) is 0 Å². The van der Waals surface area contributed by atoms with Crippen LogP contribution in [-0.4, -0.2) is 32.2 Å². The van der Waals surface area contributed by atoms with Crippen LogP contribution in [0.3, 0.4) is 0 Å². The zero-order chi connectivity index (χ0) is 19.3. The molecule has 0 atom stereocenters. The summed E-state index contributed by atoms with van der Waals surface area (Å²) in [6.07, 6.45) is 4.95. The molecule has 144 valence electrons. The average molecular weight is 379 g/mol. The van der Waals surface area contributed by atoms with E-state index in [1.54, 1.807) is 12.3 Å². The van der Waals surface area contributed by atoms with E-state index >= 15 is 0 Å². The molecule has 3 heterocycles. The SMILES string of the molecule is Cc1occc1-c1nnc(CCC(=O)NCCCn2cnc3ccccc32)o1. The Hall–Kier alpha value is -3.42. The number of hydrogen-bond acceptors (Lipinski definition) is 6. The Kier molecular flexibility index (Phi) is 5.18. The monoisotopic (exact) mass is 379 g/mol. The van der Waals surface area contributed by atoms with Crippen LogP contribution in [0.1, 0.15) is 24.5 Å². The van der Waals surface area contributed by atoms with E-state index in [9.17, 15) is 4.79 Å². The fourth-order valence-electron chi connectivity index (χ4n) is 3.04. The van der Waals surface area contributed by atoms with Crippen LogP contribution in [0, 0.1) is 6.92 Å². The van der Waals surface area contributed by atoms with Gasteiger partial charge >= 0.3 is 0 Å². The molecule has 4 rings (SSSR count). The van der Waals surface area contributed by atoms with E-state index in [0.717, 1.165) is 35.3 Å². The van der Waals surface area contributed by atoms with Crippen molar-refractivity contribution in [1.82, 2.24) is 25.1 Å². The summed E-state index contributed by atoms with van der Waals surface area (Å²) in [5, 5.41) is 10.9. The van der Waals surface area contributed by atoms with Gasteiger partial charge < -0.3 is 18.7 Å². The molecule has 3 aromatic heterocycles. The highest BCUT2D eigenvalue weighted by Crippen LogP contribution is 2.23. The number of imidazole rings is 1. The van der Waals surface area contributed by atoms with Gasteiger partial charge in [-0.05, 0) is 31.5 Å². The number of carbonyl (C=O) groups excluding carboxylic acids is 1. The predicted molar refractivity (Wildman–Crippen MR) is 102 cm³/mol. The highest BCUT2D eigenvalue weighted by Gasteiger charge is 2.13. The predicted octanol–water partition coefficient (Wildman–Crippen LogP) is 3.13. The van der Waals surface area contributed by atoms with Gasteiger partial charge in [-0.3, -0.25) is 4.79 Å². The second-order valence-corrected chi connectivity index (χ2v) is 6.52. The zero-order valence-corrected chi connectivity index (χ0v) is 15.6. The van der Waals surface area contributed by atoms with E-state index in [1.165, 1.54) is 0 Å². The summed E-state index contributed by atoms with van der Waals surface area (Å²) >= 11 is 0. The summed E-state index contributed by atoms with van der Waals surface area (Å²) in [4.78, 5) is 16.4. The molecule has 0 spiro atoms. The number of benzene rings is 1. The van der Waals surface area contributed by atoms with Crippen molar-refractivity contribution in [3.8, 4) is 11.5 Å². The van der Waals surface area contributed by atoms with Gasteiger partial charge in [0.25, 0.3) is 5.89 Å². The number of hydrogen-bond donors (Lipinski definition) is 1. The van der Waals surface area contributed by atoms with Crippen LogP contribution < -0.4 is 5.32 Å². The van der Waals surface area contributed by atoms with Gasteiger partial charge in [0.15, 0.2) is 0 Å². The number of nitrogens with one attached hydrogen (secondary N) is 1. The molecule has 1 aromatic carbocycles. The molecular formula is C20H21N5O3. The molecule has 0 unspecified atom stereocenters. The van der Waals surface area contributed by atoms with Crippen LogP contribution in [0.15, 0.2) is 51.8 Å². The molecule has 28 heavy (non-hydrogen) atoms. The first-order valence-electron chi connectivity index (χ1n) is 9.24. The number of carbonyl (C=O) groups is 1. The molecule has 0 radical (unpaired) electrons. The normalized spacial score (nSPS) is 11.2. The van der Waals surface area contributed by atoms with Crippen LogP contribution in [0.4, 0.5) is 0 Å². The fourth-order valence-corrected chi connectivity index (χ4v) is 3.04. The summed E-state index contributed by atoms with van der Waals surface area (Å²) in [5.41, 5.74) is 2.86. The molecule has 1 N–H and O–H groups in total. The maximum absolute atomic E-state index is 12.0. The van der Waals surface area contributed by atoms with Gasteiger partial charge in [-0.15, -0.1) is 10.2 Å². The van der Waals surface area contributed by atoms with Gasteiger partial charge in [-0.2, -0.15) is 0 Å². The second kappa shape index (κ2) is 8.08. The molecule has 0 aliphatic heterocycles. The third-order valence-electron chi connectivity index (χ3n) is 4.55. The van der Waals surface area contributed by atoms with E-state index in [-0.39, 0.29) is 5.91 Å². The lowest BCUT2D eigenvalue weighted by atomic mass is 10.2. The third-order valence-corrected chi connectivity index (χ3v) is 4.55. The average Bonchev–Trinajstić information content (AvgIpc) is 3.43. The van der Waals surface area contributed by atoms with Crippen molar-refractivity contribution in [3.05, 3.63) is 54.6 Å². The second-order valence-electron chi connectivity index (χ2n) is 6.52. The Morgan fingerprint density at radius 1 is 1.21 bits per heavy atom. The van der Waals surface area contributed by atoms with Gasteiger partial charge in [-0.25, -0.2) is 4.98 Å². The molecule has 8 nitrogen and oxygen atoms in total. The Morgan fingerprint density at radius 3 is 2.96 bits per heavy atom. The quantitative estimate of drug-likeness (QED) is 0.472. The molecule has 8 heteroatoms. The number of para-hydroxylation sites is 2. The highest BCUT2D eigenvalue weighted by molar-refractivity contribution is 5.76. The van der Waals surface area contributed by atoms with Gasteiger partial charge in [-0.1, -0.05) is 12.1 Å². The Bertz CT molecular complexity index is 1080. The maximum atomic E-state index is 12.0. The summed E-state index contributed by atoms with van der Waals surface area (Å²) in [6, 6.07) is 9.79. The number of fused-ring (bicyclic) bond motifs is 1. The number of nitrogens with zero attached hydrogens (tertiary/aromatic N) is 4. The number of aromatic nitrogens is 4. The van der Waals surface area contributed by atoms with Crippen LogP contribution in [-0.2, 0) is 17.8 Å². The van der Waals surface area contributed by atoms with E-state index < -0.39 is 0 Å². The van der Waals surface area contributed by atoms with Crippen molar-refractivity contribution in [2.24, 2.45) is 0 Å². The summed E-state index contributed by atoms with van der Waals surface area (Å²) in [6.45, 7) is 3.24. The first-order valence-corrected chi connectivity index (χ1v) is 9.24. The minimum Gasteiger partial charge on any atom is -0.469 e. The standard InChI is InChI=1S/C20H21N5O3/c1-14-15(9-12-27-14)20-24-23-19(28-20)8-7-18(26)21-10-4-11-25-13-22-16-5-2-3-6-17(16)25/h2-3,5-6,9,12-13H,4,7-8,10-11H2,1H3,(H,21,26). The Balaban J connectivity index is 1.20. The molecule has 0 saturated carbocycles. The first kappa shape index (κ1) is 18.0. The molecular weight excluding hydrogens is 358 g/mol. The minimum atomic E-state index is -0.0327. The van der Waals surface area contributed by atoms with Gasteiger partial charge in [0.1, 0.15) is 5.76 Å². The van der Waals surface area contributed by atoms with Gasteiger partial charge in [0.05, 0.1) is 29.2 Å². The van der Waals surface area contributed by atoms with Crippen molar-refractivity contribution in [2.45, 2.75) is 32.7 Å². The molecule has 0 fully saturated rings.